The third kappa shape index (κ3) is 3.31. The molecule has 1 aromatic carbocycles. The van der Waals surface area contributed by atoms with Crippen molar-refractivity contribution in [3.8, 4) is 0 Å². The second-order valence-electron chi connectivity index (χ2n) is 5.10. The Labute approximate surface area is 111 Å². The van der Waals surface area contributed by atoms with Gasteiger partial charge in [0.25, 0.3) is 0 Å². The average molecular weight is 250 g/mol. The Morgan fingerprint density at radius 1 is 1.28 bits per heavy atom. The maximum atomic E-state index is 5.86. The maximum Gasteiger partial charge on any atom is 0.0805 e. The second kappa shape index (κ2) is 6.88. The molecule has 3 N–H and O–H groups in total. The molecule has 0 aliphatic carbocycles. The highest BCUT2D eigenvalue weighted by molar-refractivity contribution is 5.36. The van der Waals surface area contributed by atoms with Crippen molar-refractivity contribution >= 4 is 0 Å². The quantitative estimate of drug-likeness (QED) is 0.603. The number of aryl methyl sites for hydroxylation is 1. The smallest absolute Gasteiger partial charge is 0.0805 e. The van der Waals surface area contributed by atoms with Crippen LogP contribution < -0.4 is 11.3 Å². The summed E-state index contributed by atoms with van der Waals surface area (Å²) in [5.74, 6) is 6.17. The molecule has 0 aliphatic heterocycles. The van der Waals surface area contributed by atoms with Gasteiger partial charge in [0.1, 0.15) is 0 Å². The largest absolute Gasteiger partial charge is 0.376 e. The summed E-state index contributed by atoms with van der Waals surface area (Å²) in [6.45, 7) is 11.3. The van der Waals surface area contributed by atoms with Crippen LogP contribution in [-0.2, 0) is 4.74 Å². The molecule has 2 atom stereocenters. The molecular formula is C15H26N2O. The van der Waals surface area contributed by atoms with Crippen LogP contribution in [0.5, 0.6) is 0 Å². The number of rotatable bonds is 6. The van der Waals surface area contributed by atoms with Gasteiger partial charge >= 0.3 is 0 Å². The Morgan fingerprint density at radius 2 is 1.94 bits per heavy atom. The van der Waals surface area contributed by atoms with Crippen LogP contribution >= 0.6 is 0 Å². The van der Waals surface area contributed by atoms with Crippen LogP contribution in [0, 0.1) is 19.8 Å². The summed E-state index contributed by atoms with van der Waals surface area (Å²) < 4.78 is 5.86. The predicted octanol–water partition coefficient (Wildman–Crippen LogP) is 2.87. The molecule has 3 nitrogen and oxygen atoms in total. The van der Waals surface area contributed by atoms with Gasteiger partial charge in [-0.1, -0.05) is 32.0 Å². The normalized spacial score (nSPS) is 14.8. The summed E-state index contributed by atoms with van der Waals surface area (Å²) in [6.07, 6.45) is 0.0838. The molecule has 0 bridgehead atoms. The third-order valence-corrected chi connectivity index (χ3v) is 3.51. The van der Waals surface area contributed by atoms with Gasteiger partial charge in [0.15, 0.2) is 0 Å². The van der Waals surface area contributed by atoms with Crippen LogP contribution in [0.2, 0.25) is 0 Å². The molecule has 0 radical (unpaired) electrons. The van der Waals surface area contributed by atoms with Crippen molar-refractivity contribution in [3.63, 3.8) is 0 Å². The Balaban J connectivity index is 3.10. The van der Waals surface area contributed by atoms with Crippen molar-refractivity contribution < 1.29 is 4.74 Å². The highest BCUT2D eigenvalue weighted by atomic mass is 16.5. The lowest BCUT2D eigenvalue weighted by Crippen LogP contribution is -2.41. The van der Waals surface area contributed by atoms with Crippen molar-refractivity contribution in [1.29, 1.82) is 0 Å². The summed E-state index contributed by atoms with van der Waals surface area (Å²) in [4.78, 5) is 0. The SMILES string of the molecule is CCOC(C(C)C)C(NN)c1cccc(C)c1C. The number of ether oxygens (including phenoxy) is 1. The standard InChI is InChI=1S/C15H26N2O/c1-6-18-15(10(2)3)14(17-16)13-9-7-8-11(4)12(13)5/h7-10,14-15,17H,6,16H2,1-5H3. The number of hydrogen-bond acceptors (Lipinski definition) is 3. The highest BCUT2D eigenvalue weighted by Crippen LogP contribution is 2.27. The molecule has 1 rings (SSSR count). The zero-order valence-electron chi connectivity index (χ0n) is 12.2. The van der Waals surface area contributed by atoms with Gasteiger partial charge in [0.2, 0.25) is 0 Å². The zero-order chi connectivity index (χ0) is 13.7. The first-order chi connectivity index (χ1) is 8.52. The van der Waals surface area contributed by atoms with Gasteiger partial charge in [0, 0.05) is 6.61 Å². The topological polar surface area (TPSA) is 47.3 Å². The third-order valence-electron chi connectivity index (χ3n) is 3.51. The van der Waals surface area contributed by atoms with Gasteiger partial charge in [-0.05, 0) is 43.4 Å². The first-order valence-electron chi connectivity index (χ1n) is 6.66. The Morgan fingerprint density at radius 3 is 2.44 bits per heavy atom. The second-order valence-corrected chi connectivity index (χ2v) is 5.10. The molecule has 18 heavy (non-hydrogen) atoms. The summed E-state index contributed by atoms with van der Waals surface area (Å²) >= 11 is 0. The average Bonchev–Trinajstić information content (AvgIpc) is 2.33. The van der Waals surface area contributed by atoms with Crippen molar-refractivity contribution in [3.05, 3.63) is 34.9 Å². The number of nitrogens with two attached hydrogens (primary N) is 1. The fourth-order valence-electron chi connectivity index (χ4n) is 2.34. The van der Waals surface area contributed by atoms with E-state index in [1.54, 1.807) is 0 Å². The van der Waals surface area contributed by atoms with Crippen LogP contribution in [0.4, 0.5) is 0 Å². The maximum absolute atomic E-state index is 5.86. The molecule has 0 fully saturated rings. The molecule has 0 heterocycles. The molecule has 2 unspecified atom stereocenters. The summed E-state index contributed by atoms with van der Waals surface area (Å²) in [5.41, 5.74) is 6.72. The van der Waals surface area contributed by atoms with E-state index in [2.05, 4.69) is 51.3 Å². The lowest BCUT2D eigenvalue weighted by Gasteiger charge is -2.31. The molecule has 3 heteroatoms. The van der Waals surface area contributed by atoms with Gasteiger partial charge in [-0.15, -0.1) is 0 Å². The van der Waals surface area contributed by atoms with Crippen LogP contribution in [0.1, 0.15) is 43.5 Å². The molecular weight excluding hydrogens is 224 g/mol. The van der Waals surface area contributed by atoms with E-state index in [1.807, 2.05) is 6.92 Å². The molecule has 0 saturated carbocycles. The molecule has 0 aliphatic rings. The van der Waals surface area contributed by atoms with Crippen molar-refractivity contribution in [2.75, 3.05) is 6.61 Å². The van der Waals surface area contributed by atoms with Crippen molar-refractivity contribution in [2.45, 2.75) is 46.8 Å². The molecule has 1 aromatic rings. The lowest BCUT2D eigenvalue weighted by molar-refractivity contribution is 0.00261. The van der Waals surface area contributed by atoms with E-state index in [-0.39, 0.29) is 12.1 Å². The Hall–Kier alpha value is -0.900. The molecule has 102 valence electrons. The highest BCUT2D eigenvalue weighted by Gasteiger charge is 2.26. The number of nitrogens with one attached hydrogen (secondary N) is 1. The van der Waals surface area contributed by atoms with E-state index in [0.29, 0.717) is 12.5 Å². The fraction of sp³-hybridized carbons (Fsp3) is 0.600. The first-order valence-corrected chi connectivity index (χ1v) is 6.66. The van der Waals surface area contributed by atoms with E-state index in [0.717, 1.165) is 0 Å². The van der Waals surface area contributed by atoms with Crippen LogP contribution in [0.3, 0.4) is 0 Å². The summed E-state index contributed by atoms with van der Waals surface area (Å²) in [7, 11) is 0. The van der Waals surface area contributed by atoms with Gasteiger partial charge in [0.05, 0.1) is 12.1 Å². The molecule has 0 saturated heterocycles. The molecule has 0 aromatic heterocycles. The van der Waals surface area contributed by atoms with Crippen LogP contribution in [-0.4, -0.2) is 12.7 Å². The molecule has 0 amide bonds. The van der Waals surface area contributed by atoms with Crippen LogP contribution in [0.15, 0.2) is 18.2 Å². The van der Waals surface area contributed by atoms with Crippen molar-refractivity contribution in [1.82, 2.24) is 5.43 Å². The van der Waals surface area contributed by atoms with E-state index in [4.69, 9.17) is 10.6 Å². The minimum absolute atomic E-state index is 0.0323. The van der Waals surface area contributed by atoms with E-state index >= 15 is 0 Å². The minimum Gasteiger partial charge on any atom is -0.376 e. The van der Waals surface area contributed by atoms with Crippen LogP contribution in [0.25, 0.3) is 0 Å². The first kappa shape index (κ1) is 15.2. The van der Waals surface area contributed by atoms with Gasteiger partial charge < -0.3 is 4.74 Å². The van der Waals surface area contributed by atoms with E-state index < -0.39 is 0 Å². The van der Waals surface area contributed by atoms with Crippen molar-refractivity contribution in [2.24, 2.45) is 11.8 Å². The summed E-state index contributed by atoms with van der Waals surface area (Å²) in [5, 5.41) is 0. The zero-order valence-corrected chi connectivity index (χ0v) is 12.2. The number of hydrazine groups is 1. The Bertz CT molecular complexity index is 377. The Kier molecular flexibility index (Phi) is 5.79. The fourth-order valence-corrected chi connectivity index (χ4v) is 2.34. The van der Waals surface area contributed by atoms with Gasteiger partial charge in [-0.3, -0.25) is 11.3 Å². The molecule has 0 spiro atoms. The van der Waals surface area contributed by atoms with E-state index in [1.165, 1.54) is 16.7 Å². The lowest BCUT2D eigenvalue weighted by atomic mass is 9.90. The van der Waals surface area contributed by atoms with E-state index in [9.17, 15) is 0 Å². The predicted molar refractivity (Wildman–Crippen MR) is 76.2 cm³/mol. The minimum atomic E-state index is 0.0323. The summed E-state index contributed by atoms with van der Waals surface area (Å²) in [6, 6.07) is 6.36. The van der Waals surface area contributed by atoms with Gasteiger partial charge in [-0.2, -0.15) is 0 Å². The number of hydrogen-bond donors (Lipinski definition) is 2. The number of benzene rings is 1. The van der Waals surface area contributed by atoms with Gasteiger partial charge in [-0.25, -0.2) is 0 Å². The monoisotopic (exact) mass is 250 g/mol.